The van der Waals surface area contributed by atoms with E-state index in [4.69, 9.17) is 15.2 Å². The Kier molecular flexibility index (Phi) is 5.83. The first-order valence-electron chi connectivity index (χ1n) is 9.04. The fraction of sp³-hybridized carbons (Fsp3) is 0.389. The van der Waals surface area contributed by atoms with Crippen LogP contribution in [0.1, 0.15) is 6.23 Å². The van der Waals surface area contributed by atoms with E-state index in [-0.39, 0.29) is 23.7 Å². The molecule has 5 N–H and O–H groups in total. The third kappa shape index (κ3) is 4.00. The van der Waals surface area contributed by atoms with E-state index >= 15 is 0 Å². The van der Waals surface area contributed by atoms with Gasteiger partial charge in [-0.2, -0.15) is 4.98 Å². The molecule has 0 radical (unpaired) electrons. The Morgan fingerprint density at radius 1 is 1.34 bits per heavy atom. The zero-order valence-corrected chi connectivity index (χ0v) is 16.2. The smallest absolute Gasteiger partial charge is 0.280 e. The van der Waals surface area contributed by atoms with Crippen LogP contribution in [-0.2, 0) is 9.47 Å². The topological polar surface area (TPSA) is 149 Å². The highest BCUT2D eigenvalue weighted by Gasteiger charge is 2.45. The second kappa shape index (κ2) is 8.51. The van der Waals surface area contributed by atoms with Crippen molar-refractivity contribution in [1.29, 1.82) is 0 Å². The Morgan fingerprint density at radius 3 is 2.90 bits per heavy atom. The first kappa shape index (κ1) is 19.9. The lowest BCUT2D eigenvalue weighted by molar-refractivity contribution is -0.0671. The highest BCUT2D eigenvalue weighted by atomic mass is 32.2. The van der Waals surface area contributed by atoms with Gasteiger partial charge in [0, 0.05) is 10.6 Å². The van der Waals surface area contributed by atoms with Gasteiger partial charge < -0.3 is 25.4 Å². The molecule has 1 aliphatic heterocycles. The molecule has 1 aromatic carbocycles. The van der Waals surface area contributed by atoms with Crippen molar-refractivity contribution in [3.8, 4) is 0 Å². The molecule has 0 aliphatic carbocycles. The third-order valence-electron chi connectivity index (χ3n) is 4.62. The van der Waals surface area contributed by atoms with Crippen LogP contribution in [0.15, 0.2) is 46.3 Å². The summed E-state index contributed by atoms with van der Waals surface area (Å²) in [7, 11) is 0. The molecule has 11 heteroatoms. The van der Waals surface area contributed by atoms with Crippen LogP contribution in [0.25, 0.3) is 11.2 Å². The van der Waals surface area contributed by atoms with E-state index < -0.39 is 30.1 Å². The number of aromatic amines is 1. The van der Waals surface area contributed by atoms with Crippen LogP contribution >= 0.6 is 11.8 Å². The molecule has 0 bridgehead atoms. The van der Waals surface area contributed by atoms with Crippen molar-refractivity contribution < 1.29 is 19.7 Å². The molecule has 4 rings (SSSR count). The largest absolute Gasteiger partial charge is 0.394 e. The maximum atomic E-state index is 12.0. The number of aromatic nitrogens is 4. The Bertz CT molecular complexity index is 1030. The predicted octanol–water partition coefficient (Wildman–Crippen LogP) is 0.130. The molecule has 3 heterocycles. The Balaban J connectivity index is 1.52. The molecule has 0 amide bonds. The molecule has 2 aromatic heterocycles. The van der Waals surface area contributed by atoms with Crippen LogP contribution in [-0.4, -0.2) is 67.0 Å². The number of aliphatic hydroxyl groups is 2. The van der Waals surface area contributed by atoms with E-state index in [1.54, 1.807) is 11.8 Å². The summed E-state index contributed by atoms with van der Waals surface area (Å²) >= 11 is 1.63. The van der Waals surface area contributed by atoms with Crippen molar-refractivity contribution in [2.45, 2.75) is 29.4 Å². The van der Waals surface area contributed by atoms with E-state index in [2.05, 4.69) is 15.0 Å². The summed E-state index contributed by atoms with van der Waals surface area (Å²) in [5.41, 5.74) is 5.49. The van der Waals surface area contributed by atoms with Gasteiger partial charge in [-0.3, -0.25) is 14.3 Å². The van der Waals surface area contributed by atoms with Gasteiger partial charge in [0.25, 0.3) is 5.56 Å². The number of rotatable bonds is 7. The van der Waals surface area contributed by atoms with Crippen LogP contribution in [0.3, 0.4) is 0 Å². The van der Waals surface area contributed by atoms with Gasteiger partial charge in [0.05, 0.1) is 19.5 Å². The summed E-state index contributed by atoms with van der Waals surface area (Å²) in [5.74, 6) is 0.609. The number of aliphatic hydroxyl groups excluding tert-OH is 2. The van der Waals surface area contributed by atoms with E-state index in [1.165, 1.54) is 10.9 Å². The first-order chi connectivity index (χ1) is 14.1. The van der Waals surface area contributed by atoms with Crippen LogP contribution in [0.2, 0.25) is 0 Å². The molecule has 29 heavy (non-hydrogen) atoms. The van der Waals surface area contributed by atoms with E-state index in [9.17, 15) is 15.0 Å². The molecule has 4 atom stereocenters. The lowest BCUT2D eigenvalue weighted by Crippen LogP contribution is -2.36. The Morgan fingerprint density at radius 2 is 2.14 bits per heavy atom. The van der Waals surface area contributed by atoms with Crippen LogP contribution < -0.4 is 11.3 Å². The van der Waals surface area contributed by atoms with Gasteiger partial charge >= 0.3 is 0 Å². The number of nitrogens with one attached hydrogen (secondary N) is 1. The second-order valence-corrected chi connectivity index (χ2v) is 7.68. The number of hydrogen-bond acceptors (Lipinski definition) is 9. The number of fused-ring (bicyclic) bond motifs is 1. The number of benzene rings is 1. The van der Waals surface area contributed by atoms with Crippen molar-refractivity contribution in [3.05, 3.63) is 47.0 Å². The fourth-order valence-electron chi connectivity index (χ4n) is 3.26. The number of nitrogens with two attached hydrogens (primary N) is 1. The molecular weight excluding hydrogens is 398 g/mol. The summed E-state index contributed by atoms with van der Waals surface area (Å²) in [6, 6.07) is 9.89. The zero-order chi connectivity index (χ0) is 20.4. The first-order valence-corrected chi connectivity index (χ1v) is 10.0. The van der Waals surface area contributed by atoms with Crippen molar-refractivity contribution >= 4 is 28.9 Å². The van der Waals surface area contributed by atoms with E-state index in [0.717, 1.165) is 4.90 Å². The lowest BCUT2D eigenvalue weighted by atomic mass is 10.1. The Hall–Kier alpha value is -2.44. The standard InChI is InChI=1S/C18H21N5O5S/c19-18-21-15-12(16(26)22-18)20-9-23(15)17-14(13(25)11(8-24)28-17)27-6-7-29-10-4-2-1-3-5-10/h1-5,9,11,13-14,17,24-25H,6-8H2,(H3,19,21,22,26)/t11-,13?,14?,17-/m1/s1. The summed E-state index contributed by atoms with van der Waals surface area (Å²) in [6.07, 6.45) is -2.09. The van der Waals surface area contributed by atoms with Crippen molar-refractivity contribution in [2.24, 2.45) is 0 Å². The normalized spacial score (nSPS) is 24.3. The van der Waals surface area contributed by atoms with Crippen molar-refractivity contribution in [1.82, 2.24) is 19.5 Å². The summed E-state index contributed by atoms with van der Waals surface area (Å²) in [5, 5.41) is 20.1. The lowest BCUT2D eigenvalue weighted by Gasteiger charge is -2.22. The molecule has 1 fully saturated rings. The molecule has 0 spiro atoms. The van der Waals surface area contributed by atoms with Gasteiger partial charge in [-0.25, -0.2) is 4.98 Å². The minimum absolute atomic E-state index is 0.0572. The fourth-order valence-corrected chi connectivity index (χ4v) is 4.03. The summed E-state index contributed by atoms with van der Waals surface area (Å²) in [4.78, 5) is 23.7. The van der Waals surface area contributed by atoms with Crippen LogP contribution in [0, 0.1) is 0 Å². The van der Waals surface area contributed by atoms with Gasteiger partial charge in [-0.05, 0) is 12.1 Å². The number of H-pyrrole nitrogens is 1. The molecule has 154 valence electrons. The third-order valence-corrected chi connectivity index (χ3v) is 5.60. The molecule has 10 nitrogen and oxygen atoms in total. The van der Waals surface area contributed by atoms with Crippen molar-refractivity contribution in [2.75, 3.05) is 24.7 Å². The molecule has 1 aliphatic rings. The Labute approximate surface area is 169 Å². The summed E-state index contributed by atoms with van der Waals surface area (Å²) in [6.45, 7) is -0.0266. The van der Waals surface area contributed by atoms with Crippen LogP contribution in [0.5, 0.6) is 0 Å². The van der Waals surface area contributed by atoms with Crippen LogP contribution in [0.4, 0.5) is 5.95 Å². The molecule has 1 saturated heterocycles. The van der Waals surface area contributed by atoms with Gasteiger partial charge in [-0.1, -0.05) is 18.2 Å². The van der Waals surface area contributed by atoms with E-state index in [0.29, 0.717) is 12.4 Å². The molecule has 3 aromatic rings. The second-order valence-electron chi connectivity index (χ2n) is 6.51. The number of hydrogen-bond donors (Lipinski definition) is 4. The average molecular weight is 419 g/mol. The number of imidazole rings is 1. The number of ether oxygens (including phenoxy) is 2. The summed E-state index contributed by atoms with van der Waals surface area (Å²) < 4.78 is 13.2. The van der Waals surface area contributed by atoms with Gasteiger partial charge in [0.15, 0.2) is 17.4 Å². The minimum Gasteiger partial charge on any atom is -0.394 e. The zero-order valence-electron chi connectivity index (χ0n) is 15.3. The quantitative estimate of drug-likeness (QED) is 0.310. The number of nitrogens with zero attached hydrogens (tertiary/aromatic N) is 3. The molecule has 0 saturated carbocycles. The highest BCUT2D eigenvalue weighted by Crippen LogP contribution is 2.33. The van der Waals surface area contributed by atoms with E-state index in [1.807, 2.05) is 30.3 Å². The maximum absolute atomic E-state index is 12.0. The predicted molar refractivity (Wildman–Crippen MR) is 106 cm³/mol. The average Bonchev–Trinajstić information content (AvgIpc) is 3.27. The van der Waals surface area contributed by atoms with Gasteiger partial charge in [0.2, 0.25) is 5.95 Å². The van der Waals surface area contributed by atoms with Gasteiger partial charge in [-0.15, -0.1) is 11.8 Å². The number of nitrogen functional groups attached to an aromatic ring is 1. The molecule has 2 unspecified atom stereocenters. The minimum atomic E-state index is -1.05. The highest BCUT2D eigenvalue weighted by molar-refractivity contribution is 7.99. The SMILES string of the molecule is Nc1nc2c(ncn2[C@@H]2O[C@H](CO)C(O)C2OCCSc2ccccc2)c(=O)[nH]1. The number of anilines is 1. The molecular formula is C18H21N5O5S. The van der Waals surface area contributed by atoms with Gasteiger partial charge in [0.1, 0.15) is 18.3 Å². The monoisotopic (exact) mass is 419 g/mol. The number of thioether (sulfide) groups is 1. The maximum Gasteiger partial charge on any atom is 0.280 e. The van der Waals surface area contributed by atoms with Crippen molar-refractivity contribution in [3.63, 3.8) is 0 Å².